The van der Waals surface area contributed by atoms with E-state index in [4.69, 9.17) is 24.4 Å². The van der Waals surface area contributed by atoms with Gasteiger partial charge in [0.05, 0.1) is 5.69 Å². The van der Waals surface area contributed by atoms with Crippen molar-refractivity contribution in [1.82, 2.24) is 26.9 Å². The number of anilines is 1. The van der Waals surface area contributed by atoms with Gasteiger partial charge in [0, 0.05) is 17.6 Å². The molecule has 0 unspecified atom stereocenters. The Labute approximate surface area is 202 Å². The molecule has 2 aliphatic rings. The largest absolute Gasteiger partial charge is 0.358 e. The van der Waals surface area contributed by atoms with E-state index in [9.17, 15) is 4.79 Å². The standard InChI is InChI=1S/C23H36N6OS2/c1-15-7-3-5-9-19(15)24-22(31)28-26-18-13-11-17(12-14-18)21(30)27-29-23(32)25-20-10-6-4-8-16(20)2/h11-16,19-20,26H,3-10H2,1-2H3,(H,27,30)(H2,24,28,31)(H2,25,29,32)/t15-,16+,19-,20-/m1/s1. The van der Waals surface area contributed by atoms with Crippen LogP contribution in [0.4, 0.5) is 5.69 Å². The van der Waals surface area contributed by atoms with Crippen molar-refractivity contribution in [1.29, 1.82) is 0 Å². The summed E-state index contributed by atoms with van der Waals surface area (Å²) in [5.74, 6) is 0.972. The predicted molar refractivity (Wildman–Crippen MR) is 138 cm³/mol. The average molecular weight is 477 g/mol. The van der Waals surface area contributed by atoms with Gasteiger partial charge in [-0.2, -0.15) is 0 Å². The van der Waals surface area contributed by atoms with E-state index in [1.807, 2.05) is 12.1 Å². The number of benzene rings is 1. The van der Waals surface area contributed by atoms with Crippen LogP contribution in [0, 0.1) is 11.8 Å². The second-order valence-corrected chi connectivity index (χ2v) is 9.91. The summed E-state index contributed by atoms with van der Waals surface area (Å²) in [6.07, 6.45) is 9.75. The molecule has 0 bridgehead atoms. The van der Waals surface area contributed by atoms with E-state index in [0.717, 1.165) is 18.5 Å². The molecule has 7 nitrogen and oxygen atoms in total. The van der Waals surface area contributed by atoms with Gasteiger partial charge in [-0.15, -0.1) is 0 Å². The quantitative estimate of drug-likeness (QED) is 0.283. The summed E-state index contributed by atoms with van der Waals surface area (Å²) in [5, 5.41) is 7.75. The van der Waals surface area contributed by atoms with E-state index in [-0.39, 0.29) is 5.91 Å². The molecule has 2 fully saturated rings. The van der Waals surface area contributed by atoms with E-state index in [2.05, 4.69) is 46.2 Å². The molecule has 4 atom stereocenters. The third kappa shape index (κ3) is 7.48. The number of nitrogens with one attached hydrogen (secondary N) is 6. The molecule has 0 radical (unpaired) electrons. The van der Waals surface area contributed by atoms with Gasteiger partial charge in [-0.1, -0.05) is 39.5 Å². The lowest BCUT2D eigenvalue weighted by Crippen LogP contribution is -2.51. The number of hydrogen-bond acceptors (Lipinski definition) is 4. The first-order valence-corrected chi connectivity index (χ1v) is 12.5. The molecule has 0 aromatic heterocycles. The molecule has 0 spiro atoms. The van der Waals surface area contributed by atoms with Crippen molar-refractivity contribution < 1.29 is 4.79 Å². The summed E-state index contributed by atoms with van der Waals surface area (Å²) >= 11 is 10.7. The van der Waals surface area contributed by atoms with Crippen LogP contribution in [-0.2, 0) is 0 Å². The summed E-state index contributed by atoms with van der Waals surface area (Å²) in [5.41, 5.74) is 12.9. The number of rotatable bonds is 5. The zero-order valence-electron chi connectivity index (χ0n) is 19.0. The van der Waals surface area contributed by atoms with Gasteiger partial charge in [-0.05, 0) is 86.2 Å². The molecule has 2 aliphatic carbocycles. The fraction of sp³-hybridized carbons (Fsp3) is 0.609. The average Bonchev–Trinajstić information content (AvgIpc) is 2.79. The second kappa shape index (κ2) is 12.2. The topological polar surface area (TPSA) is 89.2 Å². The molecule has 32 heavy (non-hydrogen) atoms. The van der Waals surface area contributed by atoms with Crippen LogP contribution in [0.5, 0.6) is 0 Å². The Morgan fingerprint density at radius 2 is 1.25 bits per heavy atom. The normalized spacial score (nSPS) is 25.2. The minimum absolute atomic E-state index is 0.242. The van der Waals surface area contributed by atoms with Crippen molar-refractivity contribution in [3.63, 3.8) is 0 Å². The maximum absolute atomic E-state index is 12.4. The molecule has 0 heterocycles. The van der Waals surface area contributed by atoms with Crippen molar-refractivity contribution in [3.8, 4) is 0 Å². The molecular formula is C23H36N6OS2. The monoisotopic (exact) mass is 476 g/mol. The number of thiocarbonyl (C=S) groups is 2. The minimum atomic E-state index is -0.242. The Bertz CT molecular complexity index is 787. The second-order valence-electron chi connectivity index (χ2n) is 9.09. The third-order valence-corrected chi connectivity index (χ3v) is 7.05. The van der Waals surface area contributed by atoms with Crippen molar-refractivity contribution in [3.05, 3.63) is 29.8 Å². The molecular weight excluding hydrogens is 440 g/mol. The van der Waals surface area contributed by atoms with E-state index in [1.54, 1.807) is 12.1 Å². The minimum Gasteiger partial charge on any atom is -0.358 e. The Balaban J connectivity index is 1.38. The molecule has 0 aliphatic heterocycles. The Morgan fingerprint density at radius 3 is 1.78 bits per heavy atom. The summed E-state index contributed by atoms with van der Waals surface area (Å²) in [4.78, 5) is 12.4. The number of carbonyl (C=O) groups excluding carboxylic acids is 1. The van der Waals surface area contributed by atoms with Crippen molar-refractivity contribution in [2.45, 2.75) is 77.3 Å². The van der Waals surface area contributed by atoms with Gasteiger partial charge in [-0.25, -0.2) is 0 Å². The molecule has 1 aromatic carbocycles. The van der Waals surface area contributed by atoms with Crippen molar-refractivity contribution >= 4 is 46.3 Å². The first kappa shape index (κ1) is 24.5. The van der Waals surface area contributed by atoms with Crippen molar-refractivity contribution in [2.75, 3.05) is 5.43 Å². The van der Waals surface area contributed by atoms with Crippen LogP contribution in [-0.4, -0.2) is 28.2 Å². The van der Waals surface area contributed by atoms with Crippen molar-refractivity contribution in [2.24, 2.45) is 11.8 Å². The van der Waals surface area contributed by atoms with Crippen LogP contribution in [0.3, 0.4) is 0 Å². The predicted octanol–water partition coefficient (Wildman–Crippen LogP) is 3.74. The number of hydrogen-bond donors (Lipinski definition) is 6. The van der Waals surface area contributed by atoms with Gasteiger partial charge < -0.3 is 10.6 Å². The van der Waals surface area contributed by atoms with E-state index < -0.39 is 0 Å². The first-order chi connectivity index (χ1) is 15.4. The maximum atomic E-state index is 12.4. The van der Waals surface area contributed by atoms with E-state index >= 15 is 0 Å². The first-order valence-electron chi connectivity index (χ1n) is 11.7. The molecule has 1 amide bonds. The Kier molecular flexibility index (Phi) is 9.35. The highest BCUT2D eigenvalue weighted by molar-refractivity contribution is 7.80. The summed E-state index contributed by atoms with van der Waals surface area (Å²) < 4.78 is 0. The Hall–Kier alpha value is -2.13. The van der Waals surface area contributed by atoms with Gasteiger partial charge in [0.15, 0.2) is 10.2 Å². The van der Waals surface area contributed by atoms with Crippen LogP contribution in [0.1, 0.15) is 75.6 Å². The van der Waals surface area contributed by atoms with Crippen LogP contribution in [0.15, 0.2) is 24.3 Å². The molecule has 176 valence electrons. The number of carbonyl (C=O) groups is 1. The molecule has 6 N–H and O–H groups in total. The van der Waals surface area contributed by atoms with Crippen LogP contribution in [0.25, 0.3) is 0 Å². The van der Waals surface area contributed by atoms with Gasteiger partial charge in [0.25, 0.3) is 5.91 Å². The van der Waals surface area contributed by atoms with Crippen LogP contribution >= 0.6 is 24.4 Å². The van der Waals surface area contributed by atoms with Crippen LogP contribution in [0.2, 0.25) is 0 Å². The molecule has 0 saturated heterocycles. The molecule has 1 aromatic rings. The highest BCUT2D eigenvalue weighted by Crippen LogP contribution is 2.24. The third-order valence-electron chi connectivity index (χ3n) is 6.61. The fourth-order valence-electron chi connectivity index (χ4n) is 4.49. The van der Waals surface area contributed by atoms with Crippen LogP contribution < -0.4 is 32.3 Å². The highest BCUT2D eigenvalue weighted by atomic mass is 32.1. The Morgan fingerprint density at radius 1 is 0.750 bits per heavy atom. The fourth-order valence-corrected chi connectivity index (χ4v) is 4.89. The molecule has 9 heteroatoms. The highest BCUT2D eigenvalue weighted by Gasteiger charge is 2.22. The zero-order chi connectivity index (χ0) is 22.9. The zero-order valence-corrected chi connectivity index (χ0v) is 20.6. The smallest absolute Gasteiger partial charge is 0.269 e. The molecule has 3 rings (SSSR count). The SMILES string of the molecule is C[C@@H]1CCCC[C@H]1NC(=S)NNc1ccc(C(=O)NNC(=S)N[C@@H]2CCCC[C@@H]2C)cc1. The van der Waals surface area contributed by atoms with Gasteiger partial charge in [0.1, 0.15) is 0 Å². The lowest BCUT2D eigenvalue weighted by atomic mass is 9.86. The molecule has 2 saturated carbocycles. The van der Waals surface area contributed by atoms with Gasteiger partial charge >= 0.3 is 0 Å². The lowest BCUT2D eigenvalue weighted by molar-refractivity contribution is 0.0943. The van der Waals surface area contributed by atoms with Gasteiger partial charge in [-0.3, -0.25) is 26.5 Å². The summed E-state index contributed by atoms with van der Waals surface area (Å²) in [6, 6.07) is 7.94. The summed E-state index contributed by atoms with van der Waals surface area (Å²) in [7, 11) is 0. The number of amides is 1. The summed E-state index contributed by atoms with van der Waals surface area (Å²) in [6.45, 7) is 4.51. The van der Waals surface area contributed by atoms with E-state index in [1.165, 1.54) is 38.5 Å². The van der Waals surface area contributed by atoms with E-state index in [0.29, 0.717) is 39.7 Å². The van der Waals surface area contributed by atoms with Gasteiger partial charge in [0.2, 0.25) is 0 Å². The maximum Gasteiger partial charge on any atom is 0.269 e. The lowest BCUT2D eigenvalue weighted by Gasteiger charge is -2.30. The number of hydrazine groups is 2.